The Morgan fingerprint density at radius 2 is 1.79 bits per heavy atom. The second-order valence-electron chi connectivity index (χ2n) is 9.58. The maximum absolute atomic E-state index is 13.0. The highest BCUT2D eigenvalue weighted by Crippen LogP contribution is 2.34. The van der Waals surface area contributed by atoms with E-state index in [0.29, 0.717) is 73.4 Å². The first kappa shape index (κ1) is 26.3. The molecule has 3 heterocycles. The predicted octanol–water partition coefficient (Wildman–Crippen LogP) is 3.26. The van der Waals surface area contributed by atoms with Crippen LogP contribution >= 0.6 is 23.2 Å². The Bertz CT molecular complexity index is 1280. The van der Waals surface area contributed by atoms with Gasteiger partial charge in [0.2, 0.25) is 17.7 Å². The highest BCUT2D eigenvalue weighted by Gasteiger charge is 2.40. The topological polar surface area (TPSA) is 99.3 Å². The number of fused-ring (bicyclic) bond motifs is 1. The highest BCUT2D eigenvalue weighted by molar-refractivity contribution is 6.43. The summed E-state index contributed by atoms with van der Waals surface area (Å²) in [5.74, 6) is -0.359. The predicted molar refractivity (Wildman–Crippen MR) is 142 cm³/mol. The van der Waals surface area contributed by atoms with Gasteiger partial charge in [-0.1, -0.05) is 35.3 Å². The molecule has 0 saturated carbocycles. The van der Waals surface area contributed by atoms with Gasteiger partial charge in [0.05, 0.1) is 28.9 Å². The monoisotopic (exact) mass is 558 g/mol. The number of halogens is 2. The molecule has 9 nitrogen and oxygen atoms in total. The number of nitrogens with zero attached hydrogens (tertiary/aromatic N) is 3. The summed E-state index contributed by atoms with van der Waals surface area (Å²) in [6, 6.07) is 10.1. The van der Waals surface area contributed by atoms with Crippen molar-refractivity contribution in [2.75, 3.05) is 37.7 Å². The third-order valence-corrected chi connectivity index (χ3v) is 8.04. The Kier molecular flexibility index (Phi) is 7.76. The number of carbonyl (C=O) groups excluding carboxylic acids is 4. The largest absolute Gasteiger partial charge is 0.493 e. The third kappa shape index (κ3) is 5.31. The number of amides is 4. The molecule has 0 aliphatic carbocycles. The molecule has 2 aromatic rings. The minimum Gasteiger partial charge on any atom is -0.493 e. The molecule has 3 aliphatic rings. The maximum atomic E-state index is 13.0. The minimum atomic E-state index is -0.673. The lowest BCUT2D eigenvalue weighted by Gasteiger charge is -2.36. The summed E-state index contributed by atoms with van der Waals surface area (Å²) in [4.78, 5) is 55.0. The zero-order valence-electron chi connectivity index (χ0n) is 20.8. The Hall–Kier alpha value is -3.30. The summed E-state index contributed by atoms with van der Waals surface area (Å²) in [5, 5.41) is 3.35. The molecule has 0 spiro atoms. The summed E-state index contributed by atoms with van der Waals surface area (Å²) in [7, 11) is 0. The summed E-state index contributed by atoms with van der Waals surface area (Å²) in [5.41, 5.74) is 2.11. The van der Waals surface area contributed by atoms with Crippen molar-refractivity contribution < 1.29 is 23.9 Å². The molecule has 5 rings (SSSR count). The van der Waals surface area contributed by atoms with E-state index in [-0.39, 0.29) is 30.7 Å². The van der Waals surface area contributed by atoms with Crippen molar-refractivity contribution in [1.29, 1.82) is 0 Å². The number of rotatable bonds is 7. The van der Waals surface area contributed by atoms with Gasteiger partial charge < -0.3 is 19.4 Å². The molecular formula is C27H28Cl2N4O5. The van der Waals surface area contributed by atoms with E-state index in [4.69, 9.17) is 27.9 Å². The van der Waals surface area contributed by atoms with Crippen LogP contribution in [0, 0.1) is 0 Å². The van der Waals surface area contributed by atoms with Crippen molar-refractivity contribution in [3.63, 3.8) is 0 Å². The molecule has 0 aromatic heterocycles. The van der Waals surface area contributed by atoms with Gasteiger partial charge in [0.1, 0.15) is 11.8 Å². The van der Waals surface area contributed by atoms with Crippen LogP contribution in [0.3, 0.4) is 0 Å². The third-order valence-electron chi connectivity index (χ3n) is 7.24. The van der Waals surface area contributed by atoms with E-state index in [9.17, 15) is 19.2 Å². The van der Waals surface area contributed by atoms with Crippen molar-refractivity contribution in [2.24, 2.45) is 0 Å². The van der Waals surface area contributed by atoms with E-state index in [1.54, 1.807) is 24.3 Å². The molecule has 4 amide bonds. The molecule has 0 bridgehead atoms. The zero-order valence-corrected chi connectivity index (χ0v) is 22.3. The van der Waals surface area contributed by atoms with Gasteiger partial charge in [-0.25, -0.2) is 0 Å². The lowest BCUT2D eigenvalue weighted by molar-refractivity contribution is -0.137. The molecule has 0 radical (unpaired) electrons. The van der Waals surface area contributed by atoms with E-state index >= 15 is 0 Å². The Balaban J connectivity index is 1.10. The normalized spacial score (nSPS) is 19.5. The molecule has 11 heteroatoms. The second kappa shape index (κ2) is 11.2. The van der Waals surface area contributed by atoms with Gasteiger partial charge in [-0.2, -0.15) is 0 Å². The number of ether oxygens (including phenoxy) is 1. The van der Waals surface area contributed by atoms with E-state index < -0.39 is 11.9 Å². The first-order valence-corrected chi connectivity index (χ1v) is 13.4. The highest BCUT2D eigenvalue weighted by atomic mass is 35.5. The standard InChI is InChI=1S/C27H28Cl2N4O5/c28-19-5-2-6-20(25(19)29)31-11-13-32(14-12-31)24(35)8-3-15-38-22-7-1-4-17-18(22)16-33(27(17)37)21-9-10-23(34)30-26(21)36/h1-2,4-7,21H,3,8-16H2,(H,30,34,36). The summed E-state index contributed by atoms with van der Waals surface area (Å²) in [6.45, 7) is 3.13. The van der Waals surface area contributed by atoms with E-state index in [2.05, 4.69) is 10.2 Å². The first-order chi connectivity index (χ1) is 18.3. The number of piperazine rings is 1. The molecule has 1 atom stereocenters. The number of benzene rings is 2. The average Bonchev–Trinajstić information content (AvgIpc) is 3.25. The lowest BCUT2D eigenvalue weighted by Crippen LogP contribution is -2.52. The Morgan fingerprint density at radius 1 is 1.03 bits per heavy atom. The van der Waals surface area contributed by atoms with Gasteiger partial charge in [-0.15, -0.1) is 0 Å². The molecule has 1 unspecified atom stereocenters. The number of imide groups is 1. The minimum absolute atomic E-state index is 0.0722. The fourth-order valence-corrected chi connectivity index (χ4v) is 5.60. The quantitative estimate of drug-likeness (QED) is 0.413. The van der Waals surface area contributed by atoms with Crippen molar-refractivity contribution in [3.05, 3.63) is 57.6 Å². The molecule has 2 aromatic carbocycles. The fourth-order valence-electron chi connectivity index (χ4n) is 5.19. The van der Waals surface area contributed by atoms with Crippen molar-refractivity contribution >= 4 is 52.5 Å². The van der Waals surface area contributed by atoms with Crippen molar-refractivity contribution in [1.82, 2.24) is 15.1 Å². The molecule has 3 aliphatic heterocycles. The first-order valence-electron chi connectivity index (χ1n) is 12.7. The van der Waals surface area contributed by atoms with Gasteiger partial charge in [-0.3, -0.25) is 24.5 Å². The van der Waals surface area contributed by atoms with E-state index in [0.717, 1.165) is 11.3 Å². The molecular weight excluding hydrogens is 531 g/mol. The number of nitrogens with one attached hydrogen (secondary N) is 1. The lowest BCUT2D eigenvalue weighted by atomic mass is 10.0. The smallest absolute Gasteiger partial charge is 0.255 e. The van der Waals surface area contributed by atoms with Gasteiger partial charge in [0.25, 0.3) is 5.91 Å². The molecule has 38 heavy (non-hydrogen) atoms. The van der Waals surface area contributed by atoms with Crippen LogP contribution in [0.2, 0.25) is 10.0 Å². The molecule has 1 N–H and O–H groups in total. The number of hydrogen-bond acceptors (Lipinski definition) is 6. The van der Waals surface area contributed by atoms with Crippen LogP contribution < -0.4 is 15.0 Å². The van der Waals surface area contributed by atoms with Crippen LogP contribution in [0.15, 0.2) is 36.4 Å². The molecule has 2 saturated heterocycles. The number of anilines is 1. The Labute approximate surface area is 230 Å². The molecule has 2 fully saturated rings. The second-order valence-corrected chi connectivity index (χ2v) is 10.4. The van der Waals surface area contributed by atoms with Crippen LogP contribution in [-0.2, 0) is 20.9 Å². The SMILES string of the molecule is O=C1CCC(N2Cc3c(OCCCC(=O)N4CCN(c5cccc(Cl)c5Cl)CC4)cccc3C2=O)C(=O)N1. The maximum Gasteiger partial charge on any atom is 0.255 e. The van der Waals surface area contributed by atoms with Crippen LogP contribution in [0.1, 0.15) is 41.6 Å². The Morgan fingerprint density at radius 3 is 2.55 bits per heavy atom. The zero-order chi connectivity index (χ0) is 26.8. The average molecular weight is 559 g/mol. The van der Waals surface area contributed by atoms with Crippen LogP contribution in [0.5, 0.6) is 5.75 Å². The fraction of sp³-hybridized carbons (Fsp3) is 0.407. The molecule has 200 valence electrons. The van der Waals surface area contributed by atoms with Crippen molar-refractivity contribution in [3.8, 4) is 5.75 Å². The van der Waals surface area contributed by atoms with Gasteiger partial charge in [0, 0.05) is 50.1 Å². The number of piperidine rings is 1. The van der Waals surface area contributed by atoms with Gasteiger partial charge >= 0.3 is 0 Å². The summed E-state index contributed by atoms with van der Waals surface area (Å²) in [6.07, 6.45) is 1.41. The van der Waals surface area contributed by atoms with Crippen LogP contribution in [-0.4, -0.2) is 72.3 Å². The van der Waals surface area contributed by atoms with Crippen LogP contribution in [0.25, 0.3) is 0 Å². The van der Waals surface area contributed by atoms with E-state index in [1.807, 2.05) is 17.0 Å². The van der Waals surface area contributed by atoms with Gasteiger partial charge in [-0.05, 0) is 37.1 Å². The van der Waals surface area contributed by atoms with Crippen molar-refractivity contribution in [2.45, 2.75) is 38.3 Å². The summed E-state index contributed by atoms with van der Waals surface area (Å²) < 4.78 is 5.97. The number of hydrogen-bond donors (Lipinski definition) is 1. The van der Waals surface area contributed by atoms with Crippen LogP contribution in [0.4, 0.5) is 5.69 Å². The van der Waals surface area contributed by atoms with Gasteiger partial charge in [0.15, 0.2) is 0 Å². The number of carbonyl (C=O) groups is 4. The summed E-state index contributed by atoms with van der Waals surface area (Å²) >= 11 is 12.5. The van der Waals surface area contributed by atoms with E-state index in [1.165, 1.54) is 4.90 Å².